The average molecular weight is 203 g/mol. The van der Waals surface area contributed by atoms with E-state index in [2.05, 4.69) is 29.5 Å². The van der Waals surface area contributed by atoms with Crippen molar-refractivity contribution in [3.8, 4) is 0 Å². The van der Waals surface area contributed by atoms with E-state index < -0.39 is 0 Å². The van der Waals surface area contributed by atoms with Gasteiger partial charge in [-0.3, -0.25) is 15.5 Å². The van der Waals surface area contributed by atoms with Gasteiger partial charge in [-0.25, -0.2) is 0 Å². The molecule has 3 nitrogen and oxygen atoms in total. The number of nitrogens with zero attached hydrogens (tertiary/aromatic N) is 1. The Morgan fingerprint density at radius 3 is 2.15 bits per heavy atom. The second-order valence-electron chi connectivity index (χ2n) is 3.49. The van der Waals surface area contributed by atoms with Crippen molar-refractivity contribution in [2.75, 3.05) is 27.7 Å². The predicted octanol–water partition coefficient (Wildman–Crippen LogP) is -0.405. The molecule has 0 aromatic carbocycles. The minimum Gasteiger partial charge on any atom is -0.290 e. The van der Waals surface area contributed by atoms with Gasteiger partial charge in [0, 0.05) is 16.8 Å². The second-order valence-corrected chi connectivity index (χ2v) is 4.20. The van der Waals surface area contributed by atoms with Crippen molar-refractivity contribution in [3.63, 3.8) is 0 Å². The molecule has 0 amide bonds. The molecule has 13 heavy (non-hydrogen) atoms. The van der Waals surface area contributed by atoms with Crippen LogP contribution in [0.3, 0.4) is 0 Å². The Hall–Kier alpha value is 0.0969. The molecule has 0 aliphatic heterocycles. The summed E-state index contributed by atoms with van der Waals surface area (Å²) in [6, 6.07) is 1.19. The first-order chi connectivity index (χ1) is 6.16. The van der Waals surface area contributed by atoms with E-state index in [-0.39, 0.29) is 5.79 Å². The summed E-state index contributed by atoms with van der Waals surface area (Å²) in [7, 11) is 7.44. The zero-order valence-corrected chi connectivity index (χ0v) is 11.8. The monoisotopic (exact) mass is 203 g/mol. The average Bonchev–Trinajstić information content (AvgIpc) is 2.18. The normalized spacial score (nSPS) is 12.7. The first kappa shape index (κ1) is 13.1. The molecule has 0 fully saturated rings. The number of hydrogen-bond donors (Lipinski definition) is 2. The summed E-state index contributed by atoms with van der Waals surface area (Å²) in [5, 5.41) is 6.75. The number of nitrogens with one attached hydrogen (secondary N) is 2. The van der Waals surface area contributed by atoms with Crippen molar-refractivity contribution in [3.05, 3.63) is 0 Å². The maximum Gasteiger partial charge on any atom is 0.121 e. The van der Waals surface area contributed by atoms with E-state index in [1.54, 1.807) is 0 Å². The van der Waals surface area contributed by atoms with Crippen molar-refractivity contribution in [2.24, 2.45) is 0 Å². The van der Waals surface area contributed by atoms with Crippen LogP contribution in [0, 0.1) is 0 Å². The third kappa shape index (κ3) is 3.38. The topological polar surface area (TPSA) is 27.3 Å². The fourth-order valence-electron chi connectivity index (χ4n) is 1.72. The Labute approximate surface area is 85.7 Å². The van der Waals surface area contributed by atoms with Crippen molar-refractivity contribution >= 4 is 10.2 Å². The molecular formula is C9H25N3Si. The molecule has 0 bridgehead atoms. The molecule has 0 aliphatic carbocycles. The molecule has 0 rings (SSSR count). The Kier molecular flexibility index (Phi) is 6.58. The minimum atomic E-state index is 0.0292. The number of rotatable bonds is 7. The van der Waals surface area contributed by atoms with Crippen LogP contribution >= 0.6 is 0 Å². The summed E-state index contributed by atoms with van der Waals surface area (Å²) in [5.41, 5.74) is 0. The number of hydrogen-bond acceptors (Lipinski definition) is 3. The van der Waals surface area contributed by atoms with Crippen LogP contribution in [0.2, 0.25) is 6.04 Å². The maximum atomic E-state index is 3.37. The smallest absolute Gasteiger partial charge is 0.121 e. The van der Waals surface area contributed by atoms with Crippen molar-refractivity contribution in [1.82, 2.24) is 15.5 Å². The molecule has 4 heteroatoms. The highest BCUT2D eigenvalue weighted by Gasteiger charge is 2.27. The summed E-state index contributed by atoms with van der Waals surface area (Å²) in [5.74, 6) is 0.0292. The van der Waals surface area contributed by atoms with Crippen molar-refractivity contribution in [1.29, 1.82) is 0 Å². The molecule has 0 radical (unpaired) electrons. The first-order valence-electron chi connectivity index (χ1n) is 5.25. The lowest BCUT2D eigenvalue weighted by Gasteiger charge is -2.41. The highest BCUT2D eigenvalue weighted by Crippen LogP contribution is 2.10. The maximum absolute atomic E-state index is 3.37. The summed E-state index contributed by atoms with van der Waals surface area (Å²) in [6.45, 7) is 3.38. The molecule has 0 aromatic rings. The molecule has 2 N–H and O–H groups in total. The molecule has 0 aromatic heterocycles. The van der Waals surface area contributed by atoms with E-state index >= 15 is 0 Å². The van der Waals surface area contributed by atoms with Crippen LogP contribution in [0.25, 0.3) is 0 Å². The van der Waals surface area contributed by atoms with Crippen LogP contribution in [0.4, 0.5) is 0 Å². The molecule has 0 aliphatic rings. The molecule has 0 unspecified atom stereocenters. The Morgan fingerprint density at radius 1 is 1.31 bits per heavy atom. The van der Waals surface area contributed by atoms with Gasteiger partial charge in [0.2, 0.25) is 0 Å². The lowest BCUT2D eigenvalue weighted by Crippen LogP contribution is -2.64. The fourth-order valence-corrected chi connectivity index (χ4v) is 2.96. The summed E-state index contributed by atoms with van der Waals surface area (Å²) in [6.07, 6.45) is 2.53. The highest BCUT2D eigenvalue weighted by atomic mass is 28.1. The first-order valence-corrected chi connectivity index (χ1v) is 6.67. The Morgan fingerprint density at radius 2 is 1.85 bits per heavy atom. The summed E-state index contributed by atoms with van der Waals surface area (Å²) >= 11 is 0. The molecule has 0 atom stereocenters. The Bertz CT molecular complexity index is 118. The molecular weight excluding hydrogens is 178 g/mol. The molecule has 0 heterocycles. The third-order valence-corrected chi connectivity index (χ3v) is 3.86. The summed E-state index contributed by atoms with van der Waals surface area (Å²) < 4.78 is 0. The number of unbranched alkanes of at least 4 members (excludes halogenated alkanes) is 1. The van der Waals surface area contributed by atoms with Gasteiger partial charge in [-0.05, 0) is 33.6 Å². The fraction of sp³-hybridized carbons (Fsp3) is 1.00. The van der Waals surface area contributed by atoms with E-state index in [1.807, 2.05) is 14.1 Å². The van der Waals surface area contributed by atoms with Gasteiger partial charge >= 0.3 is 0 Å². The predicted molar refractivity (Wildman–Crippen MR) is 63.1 cm³/mol. The zero-order chi connectivity index (χ0) is 10.3. The minimum absolute atomic E-state index is 0.0292. The van der Waals surface area contributed by atoms with Crippen LogP contribution in [0.5, 0.6) is 0 Å². The van der Waals surface area contributed by atoms with Gasteiger partial charge in [0.1, 0.15) is 5.79 Å². The molecule has 80 valence electrons. The van der Waals surface area contributed by atoms with E-state index in [0.717, 1.165) is 6.54 Å². The van der Waals surface area contributed by atoms with Crippen LogP contribution in [-0.4, -0.2) is 48.6 Å². The highest BCUT2D eigenvalue weighted by molar-refractivity contribution is 6.09. The van der Waals surface area contributed by atoms with Crippen molar-refractivity contribution in [2.45, 2.75) is 31.6 Å². The van der Waals surface area contributed by atoms with Gasteiger partial charge in [-0.1, -0.05) is 13.3 Å². The van der Waals surface area contributed by atoms with Crippen LogP contribution in [0.1, 0.15) is 19.8 Å². The van der Waals surface area contributed by atoms with E-state index in [1.165, 1.54) is 29.1 Å². The second kappa shape index (κ2) is 6.54. The zero-order valence-electron chi connectivity index (χ0n) is 9.78. The van der Waals surface area contributed by atoms with Gasteiger partial charge in [-0.15, -0.1) is 0 Å². The summed E-state index contributed by atoms with van der Waals surface area (Å²) in [4.78, 5) is 2.38. The van der Waals surface area contributed by atoms with Crippen LogP contribution < -0.4 is 10.6 Å². The van der Waals surface area contributed by atoms with E-state index in [0.29, 0.717) is 0 Å². The van der Waals surface area contributed by atoms with Gasteiger partial charge in [-0.2, -0.15) is 0 Å². The van der Waals surface area contributed by atoms with Crippen LogP contribution in [0.15, 0.2) is 0 Å². The standard InChI is InChI=1S/C9H25N3Si/c1-5-6-7-12(4)9(8-13,10-2)11-3/h10-11H,5-8H2,1-4,13H3. The molecule has 0 saturated carbocycles. The van der Waals surface area contributed by atoms with E-state index in [9.17, 15) is 0 Å². The van der Waals surface area contributed by atoms with Gasteiger partial charge in [0.05, 0.1) is 0 Å². The molecule has 0 spiro atoms. The SMILES string of the molecule is CCCCN(C)C(C[SiH3])(NC)NC. The largest absolute Gasteiger partial charge is 0.290 e. The lowest BCUT2D eigenvalue weighted by atomic mass is 10.2. The van der Waals surface area contributed by atoms with Gasteiger partial charge in [0.15, 0.2) is 0 Å². The quantitative estimate of drug-likeness (QED) is 0.435. The van der Waals surface area contributed by atoms with Gasteiger partial charge in [0.25, 0.3) is 0 Å². The molecule has 0 saturated heterocycles. The van der Waals surface area contributed by atoms with Crippen LogP contribution in [-0.2, 0) is 0 Å². The Balaban J connectivity index is 4.17. The van der Waals surface area contributed by atoms with Crippen molar-refractivity contribution < 1.29 is 0 Å². The van der Waals surface area contributed by atoms with Gasteiger partial charge < -0.3 is 0 Å². The third-order valence-electron chi connectivity index (χ3n) is 2.84. The van der Waals surface area contributed by atoms with E-state index in [4.69, 9.17) is 0 Å². The lowest BCUT2D eigenvalue weighted by molar-refractivity contribution is 0.0788.